The van der Waals surface area contributed by atoms with Crippen LogP contribution >= 0.6 is 11.6 Å². The van der Waals surface area contributed by atoms with E-state index in [-0.39, 0.29) is 23.0 Å². The Bertz CT molecular complexity index is 600. The van der Waals surface area contributed by atoms with Gasteiger partial charge >= 0.3 is 0 Å². The fraction of sp³-hybridized carbons (Fsp3) is 0.200. The molecule has 0 aliphatic rings. The summed E-state index contributed by atoms with van der Waals surface area (Å²) in [5, 5.41) is 13.9. The zero-order valence-corrected chi connectivity index (χ0v) is 9.89. The number of hydrogen-bond acceptors (Lipinski definition) is 5. The largest absolute Gasteiger partial charge is 0.334 e. The van der Waals surface area contributed by atoms with Crippen LogP contribution in [0.2, 0.25) is 0 Å². The highest BCUT2D eigenvalue weighted by molar-refractivity contribution is 6.20. The van der Waals surface area contributed by atoms with Gasteiger partial charge in [-0.25, -0.2) is 4.39 Å². The molecule has 0 radical (unpaired) electrons. The minimum absolute atomic E-state index is 0.0731. The lowest BCUT2D eigenvalue weighted by Gasteiger charge is -1.97. The van der Waals surface area contributed by atoms with Gasteiger partial charge < -0.3 is 4.52 Å². The molecule has 2 rings (SSSR count). The molecule has 18 heavy (non-hydrogen) atoms. The van der Waals surface area contributed by atoms with Crippen molar-refractivity contribution in [2.75, 3.05) is 0 Å². The summed E-state index contributed by atoms with van der Waals surface area (Å²) in [6, 6.07) is 3.00. The standard InChI is InChI=1S/C10H7ClFN3O3/c1-5(11)9-13-10(18-14-9)7-4-6(12)2-3-8(7)15(16)17/h2-5H,1H3. The third-order valence-corrected chi connectivity index (χ3v) is 2.38. The van der Waals surface area contributed by atoms with Crippen LogP contribution < -0.4 is 0 Å². The number of benzene rings is 1. The molecule has 0 aliphatic heterocycles. The molecular formula is C10H7ClFN3O3. The number of hydrogen-bond donors (Lipinski definition) is 0. The maximum atomic E-state index is 13.1. The van der Waals surface area contributed by atoms with Gasteiger partial charge in [-0.05, 0) is 19.1 Å². The van der Waals surface area contributed by atoms with E-state index in [2.05, 4.69) is 10.1 Å². The van der Waals surface area contributed by atoms with E-state index < -0.39 is 16.1 Å². The molecule has 0 bridgehead atoms. The summed E-state index contributed by atoms with van der Waals surface area (Å²) in [6.07, 6.45) is 0. The van der Waals surface area contributed by atoms with Gasteiger partial charge in [-0.15, -0.1) is 11.6 Å². The molecule has 8 heteroatoms. The number of halogens is 2. The first-order valence-corrected chi connectivity index (χ1v) is 5.34. The maximum absolute atomic E-state index is 13.1. The maximum Gasteiger partial charge on any atom is 0.282 e. The molecule has 1 unspecified atom stereocenters. The fourth-order valence-electron chi connectivity index (χ4n) is 1.34. The molecular weight excluding hydrogens is 265 g/mol. The summed E-state index contributed by atoms with van der Waals surface area (Å²) in [6.45, 7) is 1.62. The molecule has 2 aromatic rings. The summed E-state index contributed by atoms with van der Waals surface area (Å²) < 4.78 is 18.0. The van der Waals surface area contributed by atoms with Gasteiger partial charge in [0.2, 0.25) is 0 Å². The second-order valence-corrected chi connectivity index (χ2v) is 4.15. The van der Waals surface area contributed by atoms with E-state index in [1.165, 1.54) is 0 Å². The summed E-state index contributed by atoms with van der Waals surface area (Å²) in [5.41, 5.74) is -0.384. The molecule has 0 aliphatic carbocycles. The zero-order chi connectivity index (χ0) is 13.3. The SMILES string of the molecule is CC(Cl)c1noc(-c2cc(F)ccc2[N+](=O)[O-])n1. The Morgan fingerprint density at radius 3 is 2.83 bits per heavy atom. The van der Waals surface area contributed by atoms with Gasteiger partial charge in [-0.2, -0.15) is 4.98 Å². The van der Waals surface area contributed by atoms with Crippen LogP contribution in [0.4, 0.5) is 10.1 Å². The Hall–Kier alpha value is -2.02. The first kappa shape index (κ1) is 12.4. The highest BCUT2D eigenvalue weighted by Crippen LogP contribution is 2.30. The lowest BCUT2D eigenvalue weighted by molar-refractivity contribution is -0.384. The molecule has 1 aromatic carbocycles. The highest BCUT2D eigenvalue weighted by Gasteiger charge is 2.22. The summed E-state index contributed by atoms with van der Waals surface area (Å²) in [7, 11) is 0. The Morgan fingerprint density at radius 2 is 2.28 bits per heavy atom. The van der Waals surface area contributed by atoms with Crippen LogP contribution in [0.25, 0.3) is 11.5 Å². The van der Waals surface area contributed by atoms with Gasteiger partial charge in [-0.1, -0.05) is 5.16 Å². The van der Waals surface area contributed by atoms with Gasteiger partial charge in [-0.3, -0.25) is 10.1 Å². The molecule has 0 N–H and O–H groups in total. The van der Waals surface area contributed by atoms with Gasteiger partial charge in [0.1, 0.15) is 11.4 Å². The van der Waals surface area contributed by atoms with E-state index in [9.17, 15) is 14.5 Å². The fourth-order valence-corrected chi connectivity index (χ4v) is 1.43. The van der Waals surface area contributed by atoms with Crippen molar-refractivity contribution in [3.63, 3.8) is 0 Å². The van der Waals surface area contributed by atoms with Crippen molar-refractivity contribution < 1.29 is 13.8 Å². The highest BCUT2D eigenvalue weighted by atomic mass is 35.5. The summed E-state index contributed by atoms with van der Waals surface area (Å²) >= 11 is 5.74. The zero-order valence-electron chi connectivity index (χ0n) is 9.13. The summed E-state index contributed by atoms with van der Waals surface area (Å²) in [5.74, 6) is -0.580. The summed E-state index contributed by atoms with van der Waals surface area (Å²) in [4.78, 5) is 14.0. The average Bonchev–Trinajstić information content (AvgIpc) is 2.77. The molecule has 0 spiro atoms. The molecule has 6 nitrogen and oxygen atoms in total. The van der Waals surface area contributed by atoms with Crippen LogP contribution in [0.15, 0.2) is 22.7 Å². The van der Waals surface area contributed by atoms with Crippen LogP contribution in [-0.2, 0) is 0 Å². The normalized spacial score (nSPS) is 12.4. The topological polar surface area (TPSA) is 82.1 Å². The second kappa shape index (κ2) is 4.69. The second-order valence-electron chi connectivity index (χ2n) is 3.49. The van der Waals surface area contributed by atoms with E-state index in [1.54, 1.807) is 6.92 Å². The molecule has 1 atom stereocenters. The number of aromatic nitrogens is 2. The number of nitro groups is 1. The van der Waals surface area contributed by atoms with Crippen molar-refractivity contribution in [1.29, 1.82) is 0 Å². The quantitative estimate of drug-likeness (QED) is 0.487. The van der Waals surface area contributed by atoms with Gasteiger partial charge in [0.25, 0.3) is 11.6 Å². The van der Waals surface area contributed by atoms with Crippen LogP contribution in [0, 0.1) is 15.9 Å². The van der Waals surface area contributed by atoms with Crippen LogP contribution in [0.1, 0.15) is 18.1 Å². The third kappa shape index (κ3) is 2.30. The third-order valence-electron chi connectivity index (χ3n) is 2.18. The molecule has 1 heterocycles. The predicted molar refractivity (Wildman–Crippen MR) is 60.6 cm³/mol. The minimum Gasteiger partial charge on any atom is -0.334 e. The first-order chi connectivity index (χ1) is 8.49. The minimum atomic E-state index is -0.650. The molecule has 0 saturated heterocycles. The van der Waals surface area contributed by atoms with Crippen LogP contribution in [0.3, 0.4) is 0 Å². The van der Waals surface area contributed by atoms with Gasteiger partial charge in [0.05, 0.1) is 10.3 Å². The lowest BCUT2D eigenvalue weighted by Crippen LogP contribution is -1.93. The van der Waals surface area contributed by atoms with E-state index >= 15 is 0 Å². The van der Waals surface area contributed by atoms with Crippen molar-refractivity contribution >= 4 is 17.3 Å². The van der Waals surface area contributed by atoms with Crippen molar-refractivity contribution in [2.24, 2.45) is 0 Å². The monoisotopic (exact) mass is 271 g/mol. The van der Waals surface area contributed by atoms with E-state index in [1.807, 2.05) is 0 Å². The van der Waals surface area contributed by atoms with E-state index in [0.29, 0.717) is 0 Å². The van der Waals surface area contributed by atoms with Gasteiger partial charge in [0.15, 0.2) is 5.82 Å². The van der Waals surface area contributed by atoms with Crippen LogP contribution in [0.5, 0.6) is 0 Å². The van der Waals surface area contributed by atoms with Crippen molar-refractivity contribution in [2.45, 2.75) is 12.3 Å². The molecule has 94 valence electrons. The number of rotatable bonds is 3. The molecule has 0 fully saturated rings. The Morgan fingerprint density at radius 1 is 1.56 bits per heavy atom. The predicted octanol–water partition coefficient (Wildman–Crippen LogP) is 3.08. The number of nitrogens with zero attached hydrogens (tertiary/aromatic N) is 3. The average molecular weight is 272 g/mol. The molecule has 0 amide bonds. The van der Waals surface area contributed by atoms with E-state index in [4.69, 9.17) is 16.1 Å². The van der Waals surface area contributed by atoms with Crippen molar-refractivity contribution in [3.05, 3.63) is 40.0 Å². The van der Waals surface area contributed by atoms with Crippen molar-refractivity contribution in [3.8, 4) is 11.5 Å². The Kier molecular flexibility index (Phi) is 3.24. The van der Waals surface area contributed by atoms with Crippen molar-refractivity contribution in [1.82, 2.24) is 10.1 Å². The molecule has 1 aromatic heterocycles. The van der Waals surface area contributed by atoms with Gasteiger partial charge in [0, 0.05) is 6.07 Å². The van der Waals surface area contributed by atoms with Crippen LogP contribution in [-0.4, -0.2) is 15.1 Å². The first-order valence-electron chi connectivity index (χ1n) is 4.91. The lowest BCUT2D eigenvalue weighted by atomic mass is 10.2. The smallest absolute Gasteiger partial charge is 0.282 e. The number of nitro benzene ring substituents is 1. The van der Waals surface area contributed by atoms with E-state index in [0.717, 1.165) is 18.2 Å². The Labute approximate surface area is 106 Å². The number of alkyl halides is 1. The molecule has 0 saturated carbocycles. The Balaban J connectivity index is 2.54.